The fourth-order valence-electron chi connectivity index (χ4n) is 3.00. The third-order valence-corrected chi connectivity index (χ3v) is 4.50. The number of hydrogen-bond acceptors (Lipinski definition) is 4. The van der Waals surface area contributed by atoms with Crippen molar-refractivity contribution in [2.45, 2.75) is 13.0 Å². The van der Waals surface area contributed by atoms with Crippen molar-refractivity contribution >= 4 is 5.91 Å². The van der Waals surface area contributed by atoms with Crippen LogP contribution in [0.25, 0.3) is 0 Å². The molecule has 2 aromatic carbocycles. The van der Waals surface area contributed by atoms with Gasteiger partial charge in [0, 0.05) is 37.0 Å². The van der Waals surface area contributed by atoms with Crippen LogP contribution in [0.2, 0.25) is 0 Å². The van der Waals surface area contributed by atoms with Gasteiger partial charge in [0.2, 0.25) is 0 Å². The maximum atomic E-state index is 13.2. The molecule has 3 rings (SSSR count). The van der Waals surface area contributed by atoms with Crippen molar-refractivity contribution in [1.82, 2.24) is 9.88 Å². The van der Waals surface area contributed by atoms with Crippen LogP contribution in [0.15, 0.2) is 72.9 Å². The molecule has 3 aromatic rings. The van der Waals surface area contributed by atoms with Crippen LogP contribution in [0.5, 0.6) is 11.5 Å². The van der Waals surface area contributed by atoms with Crippen LogP contribution in [0, 0.1) is 0 Å². The number of hydrogen-bond donors (Lipinski definition) is 0. The standard InChI is InChI=1S/C23H24N2O3/c1-27-21-12-11-19(16-22(21)28-2)23(26)25(17-18-8-4-3-5-9-18)15-13-20-10-6-7-14-24-20/h3-12,14,16H,13,15,17H2,1-2H3. The van der Waals surface area contributed by atoms with E-state index in [2.05, 4.69) is 4.98 Å². The van der Waals surface area contributed by atoms with E-state index < -0.39 is 0 Å². The van der Waals surface area contributed by atoms with E-state index >= 15 is 0 Å². The van der Waals surface area contributed by atoms with Gasteiger partial charge in [-0.25, -0.2) is 0 Å². The molecule has 0 atom stereocenters. The van der Waals surface area contributed by atoms with Gasteiger partial charge >= 0.3 is 0 Å². The summed E-state index contributed by atoms with van der Waals surface area (Å²) in [4.78, 5) is 19.5. The molecule has 5 heteroatoms. The van der Waals surface area contributed by atoms with Gasteiger partial charge in [-0.3, -0.25) is 9.78 Å². The average Bonchev–Trinajstić information content (AvgIpc) is 2.77. The van der Waals surface area contributed by atoms with Gasteiger partial charge in [0.25, 0.3) is 5.91 Å². The molecule has 0 saturated carbocycles. The van der Waals surface area contributed by atoms with E-state index in [4.69, 9.17) is 9.47 Å². The van der Waals surface area contributed by atoms with Crippen molar-refractivity contribution in [3.63, 3.8) is 0 Å². The molecule has 1 amide bonds. The number of aromatic nitrogens is 1. The molecule has 0 unspecified atom stereocenters. The normalized spacial score (nSPS) is 10.4. The fourth-order valence-corrected chi connectivity index (χ4v) is 3.00. The number of rotatable bonds is 8. The minimum absolute atomic E-state index is 0.0549. The lowest BCUT2D eigenvalue weighted by molar-refractivity contribution is 0.0744. The Morgan fingerprint density at radius 1 is 0.929 bits per heavy atom. The van der Waals surface area contributed by atoms with Gasteiger partial charge < -0.3 is 14.4 Å². The van der Waals surface area contributed by atoms with Crippen LogP contribution in [0.4, 0.5) is 0 Å². The highest BCUT2D eigenvalue weighted by Crippen LogP contribution is 2.28. The summed E-state index contributed by atoms with van der Waals surface area (Å²) in [6, 6.07) is 21.0. The highest BCUT2D eigenvalue weighted by Gasteiger charge is 2.18. The maximum absolute atomic E-state index is 13.2. The molecule has 0 bridgehead atoms. The van der Waals surface area contributed by atoms with Gasteiger partial charge in [-0.1, -0.05) is 36.4 Å². The second-order valence-electron chi connectivity index (χ2n) is 6.35. The largest absolute Gasteiger partial charge is 0.493 e. The molecular weight excluding hydrogens is 352 g/mol. The summed E-state index contributed by atoms with van der Waals surface area (Å²) in [5, 5.41) is 0. The second-order valence-corrected chi connectivity index (χ2v) is 6.35. The lowest BCUT2D eigenvalue weighted by Gasteiger charge is -2.23. The van der Waals surface area contributed by atoms with Gasteiger partial charge in [-0.05, 0) is 35.9 Å². The van der Waals surface area contributed by atoms with E-state index in [1.807, 2.05) is 53.4 Å². The molecule has 144 valence electrons. The number of benzene rings is 2. The molecule has 0 spiro atoms. The number of amides is 1. The smallest absolute Gasteiger partial charge is 0.254 e. The van der Waals surface area contributed by atoms with Crippen LogP contribution >= 0.6 is 0 Å². The highest BCUT2D eigenvalue weighted by molar-refractivity contribution is 5.95. The number of ether oxygens (including phenoxy) is 2. The minimum Gasteiger partial charge on any atom is -0.493 e. The van der Waals surface area contributed by atoms with Crippen molar-refractivity contribution in [3.05, 3.63) is 89.7 Å². The lowest BCUT2D eigenvalue weighted by atomic mass is 10.1. The average molecular weight is 376 g/mol. The molecule has 0 N–H and O–H groups in total. The van der Waals surface area contributed by atoms with E-state index in [-0.39, 0.29) is 5.91 Å². The topological polar surface area (TPSA) is 51.7 Å². The Kier molecular flexibility index (Phi) is 6.63. The summed E-state index contributed by atoms with van der Waals surface area (Å²) in [7, 11) is 3.14. The molecule has 5 nitrogen and oxygen atoms in total. The summed E-state index contributed by atoms with van der Waals surface area (Å²) < 4.78 is 10.6. The third kappa shape index (κ3) is 4.88. The first-order valence-electron chi connectivity index (χ1n) is 9.16. The van der Waals surface area contributed by atoms with Gasteiger partial charge in [0.15, 0.2) is 11.5 Å². The Labute approximate surface area is 165 Å². The molecule has 1 aromatic heterocycles. The van der Waals surface area contributed by atoms with E-state index in [1.165, 1.54) is 0 Å². The Hall–Kier alpha value is -3.34. The van der Waals surface area contributed by atoms with Crippen LogP contribution < -0.4 is 9.47 Å². The number of pyridine rings is 1. The molecule has 0 aliphatic carbocycles. The van der Waals surface area contributed by atoms with Gasteiger partial charge in [-0.15, -0.1) is 0 Å². The predicted octanol–water partition coefficient (Wildman–Crippen LogP) is 3.98. The van der Waals surface area contributed by atoms with E-state index in [9.17, 15) is 4.79 Å². The zero-order chi connectivity index (χ0) is 19.8. The quantitative estimate of drug-likeness (QED) is 0.597. The van der Waals surface area contributed by atoms with Gasteiger partial charge in [0.05, 0.1) is 14.2 Å². The van der Waals surface area contributed by atoms with Crippen LogP contribution in [-0.4, -0.2) is 36.6 Å². The number of nitrogens with zero attached hydrogens (tertiary/aromatic N) is 2. The van der Waals surface area contributed by atoms with Crippen molar-refractivity contribution in [3.8, 4) is 11.5 Å². The Morgan fingerprint density at radius 3 is 2.36 bits per heavy atom. The molecule has 28 heavy (non-hydrogen) atoms. The molecule has 0 radical (unpaired) electrons. The first-order chi connectivity index (χ1) is 13.7. The number of methoxy groups -OCH3 is 2. The van der Waals surface area contributed by atoms with Crippen LogP contribution in [0.3, 0.4) is 0 Å². The molecular formula is C23H24N2O3. The SMILES string of the molecule is COc1ccc(C(=O)N(CCc2ccccn2)Cc2ccccc2)cc1OC. The van der Waals surface area contributed by atoms with E-state index in [1.54, 1.807) is 38.6 Å². The first-order valence-corrected chi connectivity index (χ1v) is 9.16. The number of carbonyl (C=O) groups excluding carboxylic acids is 1. The van der Waals surface area contributed by atoms with Crippen LogP contribution in [0.1, 0.15) is 21.6 Å². The molecule has 1 heterocycles. The summed E-state index contributed by atoms with van der Waals surface area (Å²) in [6.45, 7) is 1.10. The molecule has 0 saturated heterocycles. The summed E-state index contributed by atoms with van der Waals surface area (Å²) >= 11 is 0. The third-order valence-electron chi connectivity index (χ3n) is 4.50. The van der Waals surface area contributed by atoms with Crippen molar-refractivity contribution in [2.75, 3.05) is 20.8 Å². The summed E-state index contributed by atoms with van der Waals surface area (Å²) in [5.41, 5.74) is 2.60. The molecule has 0 aliphatic rings. The van der Waals surface area contributed by atoms with Crippen molar-refractivity contribution < 1.29 is 14.3 Å². The maximum Gasteiger partial charge on any atom is 0.254 e. The van der Waals surface area contributed by atoms with Crippen molar-refractivity contribution in [2.24, 2.45) is 0 Å². The zero-order valence-corrected chi connectivity index (χ0v) is 16.2. The van der Waals surface area contributed by atoms with Gasteiger partial charge in [-0.2, -0.15) is 0 Å². The van der Waals surface area contributed by atoms with E-state index in [0.29, 0.717) is 36.6 Å². The fraction of sp³-hybridized carbons (Fsp3) is 0.217. The molecule has 0 aliphatic heterocycles. The van der Waals surface area contributed by atoms with Crippen molar-refractivity contribution in [1.29, 1.82) is 0 Å². The Balaban J connectivity index is 1.83. The predicted molar refractivity (Wildman–Crippen MR) is 109 cm³/mol. The lowest BCUT2D eigenvalue weighted by Crippen LogP contribution is -2.32. The Morgan fingerprint density at radius 2 is 1.68 bits per heavy atom. The van der Waals surface area contributed by atoms with E-state index in [0.717, 1.165) is 11.3 Å². The minimum atomic E-state index is -0.0549. The monoisotopic (exact) mass is 376 g/mol. The highest BCUT2D eigenvalue weighted by atomic mass is 16.5. The van der Waals surface area contributed by atoms with Crippen LogP contribution in [-0.2, 0) is 13.0 Å². The summed E-state index contributed by atoms with van der Waals surface area (Å²) in [5.74, 6) is 1.08. The second kappa shape index (κ2) is 9.55. The summed E-state index contributed by atoms with van der Waals surface area (Å²) in [6.07, 6.45) is 2.46. The Bertz CT molecular complexity index is 898. The number of carbonyl (C=O) groups is 1. The zero-order valence-electron chi connectivity index (χ0n) is 16.2. The van der Waals surface area contributed by atoms with Gasteiger partial charge in [0.1, 0.15) is 0 Å². The first kappa shape index (κ1) is 19.4. The molecule has 0 fully saturated rings.